The molecule has 3 aliphatic heterocycles. The van der Waals surface area contributed by atoms with Crippen molar-refractivity contribution < 1.29 is 43.7 Å². The molecular formula is C17H28O9. The highest BCUT2D eigenvalue weighted by Crippen LogP contribution is 2.39. The minimum Gasteiger partial charge on any atom is -0.388 e. The van der Waals surface area contributed by atoms with Crippen molar-refractivity contribution in [3.63, 3.8) is 0 Å². The second-order valence-corrected chi connectivity index (χ2v) is 7.32. The summed E-state index contributed by atoms with van der Waals surface area (Å²) in [5, 5.41) is 31.1. The van der Waals surface area contributed by atoms with Crippen molar-refractivity contribution in [2.45, 2.75) is 75.1 Å². The Morgan fingerprint density at radius 2 is 1.96 bits per heavy atom. The minimum absolute atomic E-state index is 0.0508. The normalized spacial score (nSPS) is 45.5. The van der Waals surface area contributed by atoms with Crippen LogP contribution in [0.1, 0.15) is 20.3 Å². The first-order valence-electron chi connectivity index (χ1n) is 8.69. The number of fused-ring (bicyclic) bond motifs is 1. The van der Waals surface area contributed by atoms with Crippen LogP contribution in [0.25, 0.3) is 0 Å². The molecule has 8 atom stereocenters. The highest BCUT2D eigenvalue weighted by molar-refractivity contribution is 5.15. The Bertz CT molecular complexity index is 510. The van der Waals surface area contributed by atoms with Gasteiger partial charge in [0, 0.05) is 13.5 Å². The third-order valence-electron chi connectivity index (χ3n) is 4.89. The lowest BCUT2D eigenvalue weighted by molar-refractivity contribution is -0.217. The van der Waals surface area contributed by atoms with Crippen molar-refractivity contribution in [2.24, 2.45) is 0 Å². The zero-order chi connectivity index (χ0) is 19.1. The van der Waals surface area contributed by atoms with Crippen molar-refractivity contribution in [1.82, 2.24) is 0 Å². The van der Waals surface area contributed by atoms with Gasteiger partial charge < -0.3 is 43.7 Å². The first-order chi connectivity index (χ1) is 12.2. The molecule has 3 saturated heterocycles. The van der Waals surface area contributed by atoms with E-state index >= 15 is 0 Å². The fourth-order valence-corrected chi connectivity index (χ4v) is 3.56. The number of rotatable bonds is 5. The average molecular weight is 376 g/mol. The van der Waals surface area contributed by atoms with E-state index in [2.05, 4.69) is 6.58 Å². The standard InChI is InChI=1S/C17H28O9/c1-8-10(22-6-9(18)14(12(8)19)23-7-21-4)5-11-13(20)15-16(24-11)26-17(2,3)25-15/h9-16,18-20H,1,5-7H2,2-4H3/t9-,10+,11+,12+,13-,14+,15+,16+/m0/s1. The van der Waals surface area contributed by atoms with E-state index in [1.807, 2.05) is 0 Å². The van der Waals surface area contributed by atoms with E-state index in [-0.39, 0.29) is 19.8 Å². The largest absolute Gasteiger partial charge is 0.388 e. The molecule has 3 rings (SSSR count). The average Bonchev–Trinajstić information content (AvgIpc) is 3.00. The summed E-state index contributed by atoms with van der Waals surface area (Å²) in [6.45, 7) is 7.27. The highest BCUT2D eigenvalue weighted by Gasteiger charge is 2.55. The number of aliphatic hydroxyl groups excluding tert-OH is 3. The number of ether oxygens (including phenoxy) is 6. The SMILES string of the molecule is C=C1[C@@H](O)[C@H](OCOC)[C@@H](O)CO[C@@H]1C[C@H]1O[C@@H]2OC(C)(C)O[C@@H]2[C@H]1O. The number of aliphatic hydroxyl groups is 3. The van der Waals surface area contributed by atoms with Gasteiger partial charge in [0.25, 0.3) is 0 Å². The zero-order valence-corrected chi connectivity index (χ0v) is 15.2. The van der Waals surface area contributed by atoms with Gasteiger partial charge >= 0.3 is 0 Å². The van der Waals surface area contributed by atoms with Crippen LogP contribution in [-0.4, -0.2) is 90.6 Å². The van der Waals surface area contributed by atoms with Gasteiger partial charge in [-0.2, -0.15) is 0 Å². The molecule has 0 aromatic carbocycles. The van der Waals surface area contributed by atoms with Gasteiger partial charge in [-0.25, -0.2) is 0 Å². The Morgan fingerprint density at radius 3 is 2.62 bits per heavy atom. The molecule has 0 spiro atoms. The molecule has 0 aromatic rings. The van der Waals surface area contributed by atoms with E-state index in [1.165, 1.54) is 7.11 Å². The van der Waals surface area contributed by atoms with E-state index in [1.54, 1.807) is 13.8 Å². The van der Waals surface area contributed by atoms with Crippen LogP contribution in [0, 0.1) is 0 Å². The van der Waals surface area contributed by atoms with Crippen molar-refractivity contribution >= 4 is 0 Å². The summed E-state index contributed by atoms with van der Waals surface area (Å²) in [5.41, 5.74) is 0.345. The number of methoxy groups -OCH3 is 1. The van der Waals surface area contributed by atoms with Gasteiger partial charge in [0.05, 0.1) is 18.8 Å². The molecule has 0 amide bonds. The van der Waals surface area contributed by atoms with Crippen LogP contribution in [0.5, 0.6) is 0 Å². The molecule has 3 heterocycles. The molecule has 0 aliphatic carbocycles. The number of hydrogen-bond donors (Lipinski definition) is 3. The molecule has 9 heteroatoms. The van der Waals surface area contributed by atoms with Crippen LogP contribution in [0.3, 0.4) is 0 Å². The van der Waals surface area contributed by atoms with E-state index in [0.717, 1.165) is 0 Å². The second kappa shape index (κ2) is 7.78. The minimum atomic E-state index is -1.14. The van der Waals surface area contributed by atoms with Crippen LogP contribution in [0.2, 0.25) is 0 Å². The van der Waals surface area contributed by atoms with Gasteiger partial charge in [-0.1, -0.05) is 6.58 Å². The smallest absolute Gasteiger partial charge is 0.190 e. The Balaban J connectivity index is 1.63. The quantitative estimate of drug-likeness (QED) is 0.422. The van der Waals surface area contributed by atoms with E-state index in [9.17, 15) is 15.3 Å². The predicted molar refractivity (Wildman–Crippen MR) is 87.0 cm³/mol. The molecule has 150 valence electrons. The van der Waals surface area contributed by atoms with E-state index in [0.29, 0.717) is 5.57 Å². The van der Waals surface area contributed by atoms with Gasteiger partial charge in [-0.15, -0.1) is 0 Å². The summed E-state index contributed by atoms with van der Waals surface area (Å²) in [6, 6.07) is 0. The van der Waals surface area contributed by atoms with Gasteiger partial charge in [-0.3, -0.25) is 0 Å². The van der Waals surface area contributed by atoms with Crippen LogP contribution >= 0.6 is 0 Å². The Hall–Kier alpha value is -0.620. The molecule has 0 radical (unpaired) electrons. The fraction of sp³-hybridized carbons (Fsp3) is 0.882. The van der Waals surface area contributed by atoms with Gasteiger partial charge in [0.1, 0.15) is 37.3 Å². The summed E-state index contributed by atoms with van der Waals surface area (Å²) < 4.78 is 32.9. The maximum Gasteiger partial charge on any atom is 0.190 e. The van der Waals surface area contributed by atoms with Gasteiger partial charge in [0.2, 0.25) is 0 Å². The molecule has 0 saturated carbocycles. The lowest BCUT2D eigenvalue weighted by atomic mass is 9.94. The maximum atomic E-state index is 10.5. The highest BCUT2D eigenvalue weighted by atomic mass is 16.8. The monoisotopic (exact) mass is 376 g/mol. The molecule has 0 bridgehead atoms. The molecule has 9 nitrogen and oxygen atoms in total. The molecule has 3 N–H and O–H groups in total. The molecule has 3 fully saturated rings. The van der Waals surface area contributed by atoms with Crippen molar-refractivity contribution in [2.75, 3.05) is 20.5 Å². The van der Waals surface area contributed by atoms with Crippen LogP contribution in [0.15, 0.2) is 12.2 Å². The zero-order valence-electron chi connectivity index (χ0n) is 15.2. The molecule has 0 aromatic heterocycles. The molecule has 3 aliphatic rings. The summed E-state index contributed by atoms with van der Waals surface area (Å²) in [7, 11) is 1.45. The number of hydrogen-bond acceptors (Lipinski definition) is 9. The van der Waals surface area contributed by atoms with Gasteiger partial charge in [0.15, 0.2) is 12.1 Å². The van der Waals surface area contributed by atoms with Crippen molar-refractivity contribution in [3.8, 4) is 0 Å². The van der Waals surface area contributed by atoms with Crippen LogP contribution < -0.4 is 0 Å². The van der Waals surface area contributed by atoms with Crippen LogP contribution in [-0.2, 0) is 28.4 Å². The second-order valence-electron chi connectivity index (χ2n) is 7.32. The van der Waals surface area contributed by atoms with Crippen LogP contribution in [0.4, 0.5) is 0 Å². The van der Waals surface area contributed by atoms with E-state index in [4.69, 9.17) is 28.4 Å². The summed E-state index contributed by atoms with van der Waals surface area (Å²) >= 11 is 0. The molecule has 0 unspecified atom stereocenters. The first kappa shape index (κ1) is 20.1. The molecular weight excluding hydrogens is 348 g/mol. The topological polar surface area (TPSA) is 116 Å². The summed E-state index contributed by atoms with van der Waals surface area (Å²) in [5.74, 6) is -0.810. The summed E-state index contributed by atoms with van der Waals surface area (Å²) in [6.07, 6.45) is -6.22. The molecule has 26 heavy (non-hydrogen) atoms. The van der Waals surface area contributed by atoms with Gasteiger partial charge in [-0.05, 0) is 19.4 Å². The Labute approximate surface area is 152 Å². The third-order valence-corrected chi connectivity index (χ3v) is 4.89. The lowest BCUT2D eigenvalue weighted by Gasteiger charge is -2.28. The Morgan fingerprint density at radius 1 is 1.23 bits per heavy atom. The fourth-order valence-electron chi connectivity index (χ4n) is 3.56. The lowest BCUT2D eigenvalue weighted by Crippen LogP contribution is -2.42. The maximum absolute atomic E-state index is 10.5. The Kier molecular flexibility index (Phi) is 6.02. The van der Waals surface area contributed by atoms with Crippen molar-refractivity contribution in [1.29, 1.82) is 0 Å². The van der Waals surface area contributed by atoms with Crippen molar-refractivity contribution in [3.05, 3.63) is 12.2 Å². The predicted octanol–water partition coefficient (Wildman–Crippen LogP) is -0.720. The van der Waals surface area contributed by atoms with E-state index < -0.39 is 54.8 Å². The first-order valence-corrected chi connectivity index (χ1v) is 8.69. The third kappa shape index (κ3) is 3.96. The summed E-state index contributed by atoms with van der Waals surface area (Å²) in [4.78, 5) is 0.